The molecule has 1 atom stereocenters. The summed E-state index contributed by atoms with van der Waals surface area (Å²) >= 11 is 0. The van der Waals surface area contributed by atoms with Gasteiger partial charge < -0.3 is 5.32 Å². The van der Waals surface area contributed by atoms with Gasteiger partial charge in [-0.2, -0.15) is 0 Å². The number of nitrogens with one attached hydrogen (secondary N) is 1. The average molecular weight is 225 g/mol. The minimum Gasteiger partial charge on any atom is -0.352 e. The molecule has 3 nitrogen and oxygen atoms in total. The molecule has 1 heterocycles. The molecule has 1 unspecified atom stereocenters. The van der Waals surface area contributed by atoms with E-state index >= 15 is 0 Å². The van der Waals surface area contributed by atoms with Gasteiger partial charge in [0.25, 0.3) is 0 Å². The Bertz CT molecular complexity index is 287. The first-order chi connectivity index (χ1) is 7.72. The van der Waals surface area contributed by atoms with E-state index in [4.69, 9.17) is 0 Å². The molecular formula is C12H20FN3. The Morgan fingerprint density at radius 3 is 2.56 bits per heavy atom. The maximum absolute atomic E-state index is 12.6. The lowest BCUT2D eigenvalue weighted by atomic mass is 10.1. The number of unbranched alkanes of at least 4 members (excludes halogenated alkanes) is 3. The molecule has 0 aliphatic rings. The van der Waals surface area contributed by atoms with Gasteiger partial charge in [-0.05, 0) is 13.3 Å². The predicted octanol–water partition coefficient (Wildman–Crippen LogP) is 3.39. The summed E-state index contributed by atoms with van der Waals surface area (Å²) in [6.45, 7) is 4.30. The van der Waals surface area contributed by atoms with Gasteiger partial charge in [-0.3, -0.25) is 0 Å². The highest BCUT2D eigenvalue weighted by Crippen LogP contribution is 2.08. The van der Waals surface area contributed by atoms with Crippen molar-refractivity contribution in [2.24, 2.45) is 0 Å². The topological polar surface area (TPSA) is 37.8 Å². The lowest BCUT2D eigenvalue weighted by Gasteiger charge is -2.12. The third-order valence-electron chi connectivity index (χ3n) is 2.49. The van der Waals surface area contributed by atoms with Crippen molar-refractivity contribution in [3.63, 3.8) is 0 Å². The van der Waals surface area contributed by atoms with Gasteiger partial charge in [0.1, 0.15) is 0 Å². The number of rotatable bonds is 7. The summed E-state index contributed by atoms with van der Waals surface area (Å²) in [5.74, 6) is 0.102. The fourth-order valence-corrected chi connectivity index (χ4v) is 1.56. The molecule has 0 fully saturated rings. The minimum absolute atomic E-state index is 0.335. The first kappa shape index (κ1) is 12.9. The fraction of sp³-hybridized carbons (Fsp3) is 0.667. The van der Waals surface area contributed by atoms with Crippen molar-refractivity contribution >= 4 is 5.95 Å². The molecule has 90 valence electrons. The number of hydrogen-bond donors (Lipinski definition) is 1. The second kappa shape index (κ2) is 7.14. The van der Waals surface area contributed by atoms with Crippen LogP contribution in [0.3, 0.4) is 0 Å². The van der Waals surface area contributed by atoms with E-state index in [1.54, 1.807) is 0 Å². The van der Waals surface area contributed by atoms with Crippen LogP contribution in [0.5, 0.6) is 0 Å². The Labute approximate surface area is 96.5 Å². The molecule has 0 saturated carbocycles. The van der Waals surface area contributed by atoms with Gasteiger partial charge in [0.2, 0.25) is 5.95 Å². The third kappa shape index (κ3) is 5.05. The molecule has 0 amide bonds. The second-order valence-corrected chi connectivity index (χ2v) is 4.12. The fourth-order valence-electron chi connectivity index (χ4n) is 1.56. The summed E-state index contributed by atoms with van der Waals surface area (Å²) in [6, 6.07) is 0.335. The van der Waals surface area contributed by atoms with Crippen LogP contribution in [-0.4, -0.2) is 16.0 Å². The zero-order valence-electron chi connectivity index (χ0n) is 10.0. The number of hydrogen-bond acceptors (Lipinski definition) is 3. The van der Waals surface area contributed by atoms with Crippen LogP contribution >= 0.6 is 0 Å². The van der Waals surface area contributed by atoms with Crippen molar-refractivity contribution in [1.29, 1.82) is 0 Å². The summed E-state index contributed by atoms with van der Waals surface area (Å²) < 4.78 is 12.6. The molecule has 1 N–H and O–H groups in total. The van der Waals surface area contributed by atoms with E-state index in [0.29, 0.717) is 12.0 Å². The van der Waals surface area contributed by atoms with Crippen molar-refractivity contribution < 1.29 is 4.39 Å². The molecule has 0 spiro atoms. The van der Waals surface area contributed by atoms with E-state index in [0.717, 1.165) is 6.42 Å². The van der Waals surface area contributed by atoms with Crippen LogP contribution in [0.2, 0.25) is 0 Å². The zero-order valence-corrected chi connectivity index (χ0v) is 10.0. The minimum atomic E-state index is -0.402. The predicted molar refractivity (Wildman–Crippen MR) is 63.8 cm³/mol. The van der Waals surface area contributed by atoms with E-state index in [1.807, 2.05) is 0 Å². The maximum Gasteiger partial charge on any atom is 0.222 e. The highest BCUT2D eigenvalue weighted by atomic mass is 19.1. The van der Waals surface area contributed by atoms with Gasteiger partial charge in [0.05, 0.1) is 12.4 Å². The zero-order chi connectivity index (χ0) is 11.8. The standard InChI is InChI=1S/C12H20FN3/c1-3-4-5-6-7-10(2)16-12-14-8-11(13)9-15-12/h8-10H,3-7H2,1-2H3,(H,14,15,16). The van der Waals surface area contributed by atoms with Crippen LogP contribution in [0.15, 0.2) is 12.4 Å². The van der Waals surface area contributed by atoms with Crippen molar-refractivity contribution in [1.82, 2.24) is 9.97 Å². The summed E-state index contributed by atoms with van der Waals surface area (Å²) in [5, 5.41) is 3.16. The normalized spacial score (nSPS) is 12.4. The van der Waals surface area contributed by atoms with E-state index < -0.39 is 5.82 Å². The van der Waals surface area contributed by atoms with Crippen molar-refractivity contribution in [2.75, 3.05) is 5.32 Å². The Morgan fingerprint density at radius 2 is 1.94 bits per heavy atom. The molecule has 0 saturated heterocycles. The van der Waals surface area contributed by atoms with Crippen LogP contribution in [0.4, 0.5) is 10.3 Å². The number of anilines is 1. The number of aromatic nitrogens is 2. The van der Waals surface area contributed by atoms with Crippen LogP contribution in [-0.2, 0) is 0 Å². The van der Waals surface area contributed by atoms with E-state index in [1.165, 1.54) is 38.1 Å². The van der Waals surface area contributed by atoms with Crippen molar-refractivity contribution in [3.8, 4) is 0 Å². The lowest BCUT2D eigenvalue weighted by Crippen LogP contribution is -2.16. The first-order valence-electron chi connectivity index (χ1n) is 5.96. The van der Waals surface area contributed by atoms with Gasteiger partial charge >= 0.3 is 0 Å². The molecule has 0 aromatic carbocycles. The molecule has 1 aromatic heterocycles. The molecule has 4 heteroatoms. The van der Waals surface area contributed by atoms with E-state index in [9.17, 15) is 4.39 Å². The summed E-state index contributed by atoms with van der Waals surface area (Å²) in [4.78, 5) is 7.73. The molecular weight excluding hydrogens is 205 g/mol. The van der Waals surface area contributed by atoms with Crippen LogP contribution in [0.1, 0.15) is 46.0 Å². The number of nitrogens with zero attached hydrogens (tertiary/aromatic N) is 2. The summed E-state index contributed by atoms with van der Waals surface area (Å²) in [7, 11) is 0. The summed E-state index contributed by atoms with van der Waals surface area (Å²) in [5.41, 5.74) is 0. The molecule has 0 aliphatic heterocycles. The highest BCUT2D eigenvalue weighted by molar-refractivity contribution is 5.23. The molecule has 1 aromatic rings. The maximum atomic E-state index is 12.6. The van der Waals surface area contributed by atoms with E-state index in [-0.39, 0.29) is 0 Å². The third-order valence-corrected chi connectivity index (χ3v) is 2.49. The van der Waals surface area contributed by atoms with Gasteiger partial charge in [-0.1, -0.05) is 32.6 Å². The van der Waals surface area contributed by atoms with E-state index in [2.05, 4.69) is 29.1 Å². The second-order valence-electron chi connectivity index (χ2n) is 4.12. The number of halogens is 1. The smallest absolute Gasteiger partial charge is 0.222 e. The van der Waals surface area contributed by atoms with Crippen LogP contribution in [0, 0.1) is 5.82 Å². The van der Waals surface area contributed by atoms with Crippen molar-refractivity contribution in [2.45, 2.75) is 52.0 Å². The Morgan fingerprint density at radius 1 is 1.25 bits per heavy atom. The molecule has 0 radical (unpaired) electrons. The molecule has 0 bridgehead atoms. The van der Waals surface area contributed by atoms with Crippen LogP contribution in [0.25, 0.3) is 0 Å². The first-order valence-corrected chi connectivity index (χ1v) is 5.96. The molecule has 0 aliphatic carbocycles. The average Bonchev–Trinajstić information content (AvgIpc) is 2.28. The lowest BCUT2D eigenvalue weighted by molar-refractivity contribution is 0.588. The Balaban J connectivity index is 2.23. The Kier molecular flexibility index (Phi) is 5.75. The summed E-state index contributed by atoms with van der Waals surface area (Å²) in [6.07, 6.45) is 8.48. The van der Waals surface area contributed by atoms with Gasteiger partial charge in [-0.25, -0.2) is 14.4 Å². The largest absolute Gasteiger partial charge is 0.352 e. The highest BCUT2D eigenvalue weighted by Gasteiger charge is 2.03. The Hall–Kier alpha value is -1.19. The quantitative estimate of drug-likeness (QED) is 0.723. The monoisotopic (exact) mass is 225 g/mol. The van der Waals surface area contributed by atoms with Crippen LogP contribution < -0.4 is 5.32 Å². The molecule has 16 heavy (non-hydrogen) atoms. The SMILES string of the molecule is CCCCCCC(C)Nc1ncc(F)cn1. The van der Waals surface area contributed by atoms with Crippen molar-refractivity contribution in [3.05, 3.63) is 18.2 Å². The van der Waals surface area contributed by atoms with Gasteiger partial charge in [-0.15, -0.1) is 0 Å². The molecule has 1 rings (SSSR count). The van der Waals surface area contributed by atoms with Gasteiger partial charge in [0, 0.05) is 6.04 Å². The van der Waals surface area contributed by atoms with Gasteiger partial charge in [0.15, 0.2) is 5.82 Å².